The van der Waals surface area contributed by atoms with Crippen LogP contribution in [0.4, 0.5) is 14.3 Å². The zero-order valence-corrected chi connectivity index (χ0v) is 14.9. The number of amides is 2. The summed E-state index contributed by atoms with van der Waals surface area (Å²) in [5.74, 6) is 0.0701. The van der Waals surface area contributed by atoms with E-state index in [1.165, 1.54) is 35.6 Å². The lowest BCUT2D eigenvalue weighted by Gasteiger charge is -2.13. The smallest absolute Gasteiger partial charge is 0.321 e. The van der Waals surface area contributed by atoms with Gasteiger partial charge in [-0.1, -0.05) is 0 Å². The second-order valence-electron chi connectivity index (χ2n) is 5.53. The molecule has 1 aromatic carbocycles. The molecule has 0 saturated carbocycles. The lowest BCUT2D eigenvalue weighted by atomic mass is 10.2. The number of hydrogen-bond donors (Lipinski definition) is 3. The van der Waals surface area contributed by atoms with Crippen LogP contribution in [0.1, 0.15) is 0 Å². The summed E-state index contributed by atoms with van der Waals surface area (Å²) in [6, 6.07) is 8.66. The van der Waals surface area contributed by atoms with Gasteiger partial charge in [0, 0.05) is 29.9 Å². The Labute approximate surface area is 158 Å². The molecule has 0 radical (unpaired) electrons. The number of nitrogens with one attached hydrogen (secondary N) is 2. The molecular formula is C18H17FN4O3S. The third-order valence-corrected chi connectivity index (χ3v) is 4.19. The summed E-state index contributed by atoms with van der Waals surface area (Å²) in [6.45, 7) is -0.0395. The molecule has 0 bridgehead atoms. The number of nitrogens with zero attached hydrogens (tertiary/aromatic N) is 2. The van der Waals surface area contributed by atoms with E-state index < -0.39 is 12.1 Å². The van der Waals surface area contributed by atoms with Crippen LogP contribution in [0.15, 0.2) is 54.2 Å². The van der Waals surface area contributed by atoms with Crippen molar-refractivity contribution in [2.75, 3.05) is 18.5 Å². The summed E-state index contributed by atoms with van der Waals surface area (Å²) in [5.41, 5.74) is 1.58. The van der Waals surface area contributed by atoms with Crippen LogP contribution in [0.2, 0.25) is 0 Å². The van der Waals surface area contributed by atoms with Gasteiger partial charge in [0.25, 0.3) is 0 Å². The van der Waals surface area contributed by atoms with E-state index >= 15 is 0 Å². The first-order chi connectivity index (χ1) is 13.1. The monoisotopic (exact) mass is 388 g/mol. The fourth-order valence-corrected chi connectivity index (χ4v) is 2.83. The van der Waals surface area contributed by atoms with Crippen LogP contribution in [-0.2, 0) is 0 Å². The maximum Gasteiger partial charge on any atom is 0.321 e. The molecule has 3 aromatic rings. The number of ether oxygens (including phenoxy) is 1. The largest absolute Gasteiger partial charge is 0.491 e. The van der Waals surface area contributed by atoms with Gasteiger partial charge in [0.15, 0.2) is 5.13 Å². The molecule has 27 heavy (non-hydrogen) atoms. The molecule has 0 aliphatic carbocycles. The highest BCUT2D eigenvalue weighted by atomic mass is 32.1. The molecule has 2 amide bonds. The maximum atomic E-state index is 12.8. The van der Waals surface area contributed by atoms with Crippen LogP contribution in [-0.4, -0.2) is 40.4 Å². The van der Waals surface area contributed by atoms with E-state index in [9.17, 15) is 14.3 Å². The zero-order valence-electron chi connectivity index (χ0n) is 14.1. The summed E-state index contributed by atoms with van der Waals surface area (Å²) >= 11 is 1.29. The maximum absolute atomic E-state index is 12.8. The molecule has 3 rings (SSSR count). The Morgan fingerprint density at radius 2 is 2.11 bits per heavy atom. The first-order valence-electron chi connectivity index (χ1n) is 8.07. The number of hydrogen-bond acceptors (Lipinski definition) is 6. The van der Waals surface area contributed by atoms with Crippen molar-refractivity contribution in [1.29, 1.82) is 0 Å². The summed E-state index contributed by atoms with van der Waals surface area (Å²) in [7, 11) is 0. The summed E-state index contributed by atoms with van der Waals surface area (Å²) in [6.07, 6.45) is 2.45. The molecule has 9 heteroatoms. The fraction of sp³-hybridized carbons (Fsp3) is 0.167. The van der Waals surface area contributed by atoms with Crippen LogP contribution in [0, 0.1) is 5.82 Å². The average molecular weight is 388 g/mol. The molecule has 0 spiro atoms. The SMILES string of the molecule is O=C(NCC(O)COc1ccc(F)cc1)Nc1nc(-c2cccnc2)cs1. The third kappa shape index (κ3) is 5.73. The van der Waals surface area contributed by atoms with Crippen molar-refractivity contribution in [3.8, 4) is 17.0 Å². The lowest BCUT2D eigenvalue weighted by Crippen LogP contribution is -2.37. The van der Waals surface area contributed by atoms with Gasteiger partial charge in [-0.15, -0.1) is 11.3 Å². The number of aliphatic hydroxyl groups excluding tert-OH is 1. The summed E-state index contributed by atoms with van der Waals surface area (Å²) in [4.78, 5) is 20.3. The number of aromatic nitrogens is 2. The van der Waals surface area contributed by atoms with E-state index in [-0.39, 0.29) is 19.0 Å². The molecular weight excluding hydrogens is 371 g/mol. The van der Waals surface area contributed by atoms with Gasteiger partial charge < -0.3 is 15.2 Å². The second kappa shape index (κ2) is 9.06. The van der Waals surface area contributed by atoms with E-state index in [1.807, 2.05) is 17.5 Å². The first kappa shape index (κ1) is 18.7. The highest BCUT2D eigenvalue weighted by molar-refractivity contribution is 7.14. The summed E-state index contributed by atoms with van der Waals surface area (Å²) < 4.78 is 18.1. The Morgan fingerprint density at radius 1 is 1.30 bits per heavy atom. The normalized spacial score (nSPS) is 11.6. The Balaban J connectivity index is 1.41. The second-order valence-corrected chi connectivity index (χ2v) is 6.39. The van der Waals surface area contributed by atoms with Crippen LogP contribution >= 0.6 is 11.3 Å². The highest BCUT2D eigenvalue weighted by Crippen LogP contribution is 2.23. The number of anilines is 1. The van der Waals surface area contributed by atoms with Crippen LogP contribution < -0.4 is 15.4 Å². The number of pyridine rings is 1. The minimum absolute atomic E-state index is 0.00609. The quantitative estimate of drug-likeness (QED) is 0.578. The number of rotatable bonds is 7. The van der Waals surface area contributed by atoms with Gasteiger partial charge >= 0.3 is 6.03 Å². The number of carbonyl (C=O) groups excluding carboxylic acids is 1. The van der Waals surface area contributed by atoms with Gasteiger partial charge in [-0.05, 0) is 36.4 Å². The van der Waals surface area contributed by atoms with E-state index in [0.29, 0.717) is 10.9 Å². The number of carbonyl (C=O) groups is 1. The Kier molecular flexibility index (Phi) is 6.29. The van der Waals surface area contributed by atoms with Crippen molar-refractivity contribution < 1.29 is 19.0 Å². The highest BCUT2D eigenvalue weighted by Gasteiger charge is 2.11. The minimum Gasteiger partial charge on any atom is -0.491 e. The predicted molar refractivity (Wildman–Crippen MR) is 100 cm³/mol. The van der Waals surface area contributed by atoms with E-state index in [2.05, 4.69) is 20.6 Å². The van der Waals surface area contributed by atoms with Crippen molar-refractivity contribution in [2.24, 2.45) is 0 Å². The molecule has 3 N–H and O–H groups in total. The van der Waals surface area contributed by atoms with Crippen LogP contribution in [0.3, 0.4) is 0 Å². The molecule has 140 valence electrons. The number of benzene rings is 1. The molecule has 7 nitrogen and oxygen atoms in total. The fourth-order valence-electron chi connectivity index (χ4n) is 2.11. The van der Waals surface area contributed by atoms with Crippen LogP contribution in [0.25, 0.3) is 11.3 Å². The molecule has 1 atom stereocenters. The van der Waals surface area contributed by atoms with Gasteiger partial charge in [-0.3, -0.25) is 10.3 Å². The molecule has 2 aromatic heterocycles. The standard InChI is InChI=1S/C18H17FN4O3S/c19-13-3-5-15(6-4-13)26-10-14(24)9-21-17(25)23-18-22-16(11-27-18)12-2-1-7-20-8-12/h1-8,11,14,24H,9-10H2,(H2,21,22,23,25). The van der Waals surface area contributed by atoms with E-state index in [4.69, 9.17) is 4.74 Å². The Hall–Kier alpha value is -3.04. The van der Waals surface area contributed by atoms with Gasteiger partial charge in [-0.25, -0.2) is 14.2 Å². The molecule has 0 saturated heterocycles. The van der Waals surface area contributed by atoms with Crippen molar-refractivity contribution in [3.63, 3.8) is 0 Å². The zero-order chi connectivity index (χ0) is 19.1. The molecule has 0 aliphatic rings. The number of thiazole rings is 1. The Bertz CT molecular complexity index is 874. The average Bonchev–Trinajstić information content (AvgIpc) is 3.15. The third-order valence-electron chi connectivity index (χ3n) is 3.44. The molecule has 0 fully saturated rings. The van der Waals surface area contributed by atoms with Crippen molar-refractivity contribution in [1.82, 2.24) is 15.3 Å². The Morgan fingerprint density at radius 3 is 2.85 bits per heavy atom. The predicted octanol–water partition coefficient (Wildman–Crippen LogP) is 2.91. The summed E-state index contributed by atoms with van der Waals surface area (Å²) in [5, 5.41) is 17.3. The topological polar surface area (TPSA) is 96.4 Å². The van der Waals surface area contributed by atoms with Gasteiger partial charge in [-0.2, -0.15) is 0 Å². The molecule has 1 unspecified atom stereocenters. The van der Waals surface area contributed by atoms with Crippen LogP contribution in [0.5, 0.6) is 5.75 Å². The van der Waals surface area contributed by atoms with Crippen molar-refractivity contribution >= 4 is 22.5 Å². The van der Waals surface area contributed by atoms with Crippen molar-refractivity contribution in [3.05, 3.63) is 60.0 Å². The van der Waals surface area contributed by atoms with E-state index in [0.717, 1.165) is 11.3 Å². The first-order valence-corrected chi connectivity index (χ1v) is 8.95. The number of halogens is 1. The van der Waals surface area contributed by atoms with Gasteiger partial charge in [0.2, 0.25) is 0 Å². The van der Waals surface area contributed by atoms with Crippen molar-refractivity contribution in [2.45, 2.75) is 6.10 Å². The lowest BCUT2D eigenvalue weighted by molar-refractivity contribution is 0.108. The minimum atomic E-state index is -0.914. The molecule has 0 aliphatic heterocycles. The number of aliphatic hydroxyl groups is 1. The molecule has 2 heterocycles. The number of urea groups is 1. The van der Waals surface area contributed by atoms with Gasteiger partial charge in [0.05, 0.1) is 5.69 Å². The van der Waals surface area contributed by atoms with Gasteiger partial charge in [0.1, 0.15) is 24.3 Å². The van der Waals surface area contributed by atoms with E-state index in [1.54, 1.807) is 12.4 Å².